The van der Waals surface area contributed by atoms with E-state index in [2.05, 4.69) is 49.0 Å². The molecular weight excluding hydrogens is 447 g/mol. The van der Waals surface area contributed by atoms with Gasteiger partial charge in [0.15, 0.2) is 0 Å². The zero-order valence-electron chi connectivity index (χ0n) is 11.1. The Kier molecular flexibility index (Phi) is 5.35. The van der Waals surface area contributed by atoms with Crippen molar-refractivity contribution in [3.63, 3.8) is 0 Å². The van der Waals surface area contributed by atoms with Crippen LogP contribution >= 0.6 is 38.5 Å². The third-order valence-electron chi connectivity index (χ3n) is 2.75. The van der Waals surface area contributed by atoms with E-state index < -0.39 is 0 Å². The summed E-state index contributed by atoms with van der Waals surface area (Å²) in [5.74, 6) is -0.148. The zero-order chi connectivity index (χ0) is 15.4. The average molecular weight is 459 g/mol. The van der Waals surface area contributed by atoms with E-state index in [0.717, 1.165) is 13.6 Å². The number of carbonyl (C=O) groups excluding carboxylic acids is 1. The predicted molar refractivity (Wildman–Crippen MR) is 94.8 cm³/mol. The molecule has 0 aromatic heterocycles. The highest BCUT2D eigenvalue weighted by molar-refractivity contribution is 14.1. The van der Waals surface area contributed by atoms with Gasteiger partial charge in [-0.15, -0.1) is 0 Å². The van der Waals surface area contributed by atoms with Gasteiger partial charge in [-0.3, -0.25) is 4.79 Å². The van der Waals surface area contributed by atoms with Crippen molar-refractivity contribution in [3.8, 4) is 5.75 Å². The largest absolute Gasteiger partial charge is 0.507 e. The lowest BCUT2D eigenvalue weighted by Gasteiger charge is -2.04. The summed E-state index contributed by atoms with van der Waals surface area (Å²) in [5.41, 5.74) is 4.27. The topological polar surface area (TPSA) is 61.7 Å². The van der Waals surface area contributed by atoms with Gasteiger partial charge < -0.3 is 5.11 Å². The minimum atomic E-state index is -0.311. The molecule has 0 fully saturated rings. The van der Waals surface area contributed by atoms with Crippen LogP contribution in [-0.2, 0) is 0 Å². The maximum Gasteiger partial charge on any atom is 0.271 e. The van der Waals surface area contributed by atoms with E-state index in [0.29, 0.717) is 11.1 Å². The van der Waals surface area contributed by atoms with E-state index in [-0.39, 0.29) is 11.7 Å². The first-order valence-electron chi connectivity index (χ1n) is 6.05. The highest BCUT2D eigenvalue weighted by Crippen LogP contribution is 2.23. The Labute approximate surface area is 144 Å². The predicted octanol–water partition coefficient (Wildman–Crippen LogP) is 3.83. The molecule has 6 heteroatoms. The lowest BCUT2D eigenvalue weighted by molar-refractivity contribution is 0.0955. The molecule has 0 spiro atoms. The maximum atomic E-state index is 11.9. The van der Waals surface area contributed by atoms with Gasteiger partial charge in [-0.05, 0) is 65.4 Å². The smallest absolute Gasteiger partial charge is 0.271 e. The van der Waals surface area contributed by atoms with Crippen LogP contribution in [0.2, 0.25) is 0 Å². The second kappa shape index (κ2) is 7.04. The van der Waals surface area contributed by atoms with Crippen LogP contribution in [0.4, 0.5) is 0 Å². The van der Waals surface area contributed by atoms with Gasteiger partial charge in [0, 0.05) is 19.2 Å². The molecule has 0 saturated carbocycles. The molecule has 2 aromatic carbocycles. The Morgan fingerprint density at radius 3 is 2.86 bits per heavy atom. The highest BCUT2D eigenvalue weighted by atomic mass is 127. The van der Waals surface area contributed by atoms with Crippen LogP contribution in [-0.4, -0.2) is 17.2 Å². The number of rotatable bonds is 3. The van der Waals surface area contributed by atoms with Crippen molar-refractivity contribution >= 4 is 50.6 Å². The number of benzene rings is 2. The fourth-order valence-corrected chi connectivity index (χ4v) is 2.92. The summed E-state index contributed by atoms with van der Waals surface area (Å²) in [4.78, 5) is 11.9. The van der Waals surface area contributed by atoms with Gasteiger partial charge in [0.1, 0.15) is 5.75 Å². The quantitative estimate of drug-likeness (QED) is 0.417. The summed E-state index contributed by atoms with van der Waals surface area (Å²) in [6, 6.07) is 10.7. The zero-order valence-corrected chi connectivity index (χ0v) is 14.8. The normalized spacial score (nSPS) is 10.8. The van der Waals surface area contributed by atoms with Crippen LogP contribution in [0.1, 0.15) is 21.5 Å². The third-order valence-corrected chi connectivity index (χ3v) is 3.87. The number of aryl methyl sites for hydroxylation is 1. The maximum absolute atomic E-state index is 11.9. The molecule has 1 amide bonds. The van der Waals surface area contributed by atoms with Gasteiger partial charge in [0.05, 0.1) is 6.21 Å². The number of hydrogen-bond donors (Lipinski definition) is 2. The number of nitrogens with zero attached hydrogens (tertiary/aromatic N) is 1. The van der Waals surface area contributed by atoms with Crippen molar-refractivity contribution in [2.45, 2.75) is 6.92 Å². The lowest BCUT2D eigenvalue weighted by Crippen LogP contribution is -2.17. The van der Waals surface area contributed by atoms with Crippen LogP contribution in [0, 0.1) is 10.5 Å². The summed E-state index contributed by atoms with van der Waals surface area (Å²) in [7, 11) is 0. The number of hydrogen-bond acceptors (Lipinski definition) is 3. The van der Waals surface area contributed by atoms with Crippen LogP contribution in [0.25, 0.3) is 0 Å². The van der Waals surface area contributed by atoms with E-state index in [1.807, 2.05) is 19.1 Å². The van der Waals surface area contributed by atoms with Crippen molar-refractivity contribution in [2.24, 2.45) is 5.10 Å². The van der Waals surface area contributed by atoms with Crippen molar-refractivity contribution in [1.29, 1.82) is 0 Å². The second-order valence-electron chi connectivity index (χ2n) is 4.37. The molecule has 0 unspecified atom stereocenters. The molecule has 0 saturated heterocycles. The first kappa shape index (κ1) is 16.0. The van der Waals surface area contributed by atoms with E-state index in [4.69, 9.17) is 0 Å². The monoisotopic (exact) mass is 458 g/mol. The van der Waals surface area contributed by atoms with Crippen LogP contribution < -0.4 is 5.43 Å². The Balaban J connectivity index is 2.11. The molecule has 0 heterocycles. The van der Waals surface area contributed by atoms with Crippen molar-refractivity contribution in [3.05, 3.63) is 61.1 Å². The first-order valence-corrected chi connectivity index (χ1v) is 7.92. The molecule has 4 nitrogen and oxygen atoms in total. The molecule has 2 aromatic rings. The first-order chi connectivity index (χ1) is 9.97. The lowest BCUT2D eigenvalue weighted by atomic mass is 10.1. The summed E-state index contributed by atoms with van der Waals surface area (Å²) in [6.45, 7) is 1.81. The molecule has 2 rings (SSSR count). The van der Waals surface area contributed by atoms with Gasteiger partial charge in [-0.25, -0.2) is 5.43 Å². The number of halogens is 2. The molecule has 108 valence electrons. The molecule has 0 aliphatic rings. The fourth-order valence-electron chi connectivity index (χ4n) is 1.71. The molecule has 2 N–H and O–H groups in total. The molecule has 0 aliphatic heterocycles. The van der Waals surface area contributed by atoms with Crippen molar-refractivity contribution < 1.29 is 9.90 Å². The average Bonchev–Trinajstić information content (AvgIpc) is 2.43. The van der Waals surface area contributed by atoms with Gasteiger partial charge in [0.25, 0.3) is 5.91 Å². The number of aromatic hydroxyl groups is 1. The highest BCUT2D eigenvalue weighted by Gasteiger charge is 2.06. The van der Waals surface area contributed by atoms with Gasteiger partial charge >= 0.3 is 0 Å². The van der Waals surface area contributed by atoms with E-state index >= 15 is 0 Å². The summed E-state index contributed by atoms with van der Waals surface area (Å²) in [5, 5.41) is 13.8. The number of hydrazone groups is 1. The minimum Gasteiger partial charge on any atom is -0.507 e. The van der Waals surface area contributed by atoms with E-state index in [1.165, 1.54) is 6.21 Å². The Bertz CT molecular complexity index is 717. The SMILES string of the molecule is Cc1cc(I)cc(C=NNC(=O)c2cccc(Br)c2)c1O. The number of nitrogens with one attached hydrogen (secondary N) is 1. The standard InChI is InChI=1S/C15H12BrIN2O2/c1-9-5-13(17)7-11(14(9)20)8-18-19-15(21)10-3-2-4-12(16)6-10/h2-8,20H,1H3,(H,19,21). The second-order valence-corrected chi connectivity index (χ2v) is 6.53. The Morgan fingerprint density at radius 2 is 2.14 bits per heavy atom. The van der Waals surface area contributed by atoms with Gasteiger partial charge in [-0.2, -0.15) is 5.10 Å². The Hall–Kier alpha value is -1.41. The molecule has 0 bridgehead atoms. The van der Waals surface area contributed by atoms with Crippen molar-refractivity contribution in [2.75, 3.05) is 0 Å². The molecule has 21 heavy (non-hydrogen) atoms. The minimum absolute atomic E-state index is 0.163. The molecular formula is C15H12BrIN2O2. The fraction of sp³-hybridized carbons (Fsp3) is 0.0667. The van der Waals surface area contributed by atoms with Crippen LogP contribution in [0.3, 0.4) is 0 Å². The molecule has 0 atom stereocenters. The third kappa shape index (κ3) is 4.28. The summed E-state index contributed by atoms with van der Waals surface area (Å²) >= 11 is 5.47. The number of amides is 1. The van der Waals surface area contributed by atoms with E-state index in [1.54, 1.807) is 24.3 Å². The van der Waals surface area contributed by atoms with Crippen LogP contribution in [0.15, 0.2) is 46.0 Å². The summed E-state index contributed by atoms with van der Waals surface area (Å²) in [6.07, 6.45) is 1.43. The molecule has 0 aliphatic carbocycles. The van der Waals surface area contributed by atoms with Crippen molar-refractivity contribution in [1.82, 2.24) is 5.43 Å². The molecule has 0 radical (unpaired) electrons. The van der Waals surface area contributed by atoms with E-state index in [9.17, 15) is 9.90 Å². The van der Waals surface area contributed by atoms with Crippen LogP contribution in [0.5, 0.6) is 5.75 Å². The number of phenols is 1. The Morgan fingerprint density at radius 1 is 1.38 bits per heavy atom. The van der Waals surface area contributed by atoms with Gasteiger partial charge in [-0.1, -0.05) is 22.0 Å². The summed E-state index contributed by atoms with van der Waals surface area (Å²) < 4.78 is 1.81. The number of carbonyl (C=O) groups is 1. The van der Waals surface area contributed by atoms with Gasteiger partial charge in [0.2, 0.25) is 0 Å². The number of phenolic OH excluding ortho intramolecular Hbond substituents is 1.